The van der Waals surface area contributed by atoms with Crippen LogP contribution in [0.4, 0.5) is 14.6 Å². The monoisotopic (exact) mass is 526 g/mol. The molecule has 1 amide bonds. The molecule has 0 spiro atoms. The van der Waals surface area contributed by atoms with Gasteiger partial charge in [0.05, 0.1) is 0 Å². The second kappa shape index (κ2) is 8.40. The van der Waals surface area contributed by atoms with Gasteiger partial charge in [-0.3, -0.25) is 4.79 Å². The molecule has 0 radical (unpaired) electrons. The zero-order valence-electron chi connectivity index (χ0n) is 16.4. The van der Waals surface area contributed by atoms with E-state index in [1.54, 1.807) is 11.5 Å². The molecular formula is C20H21F2IN6O. The molecule has 4 rings (SSSR count). The van der Waals surface area contributed by atoms with E-state index < -0.39 is 12.2 Å². The Bertz CT molecular complexity index is 1130. The first kappa shape index (κ1) is 20.9. The highest BCUT2D eigenvalue weighted by Crippen LogP contribution is 2.36. The fourth-order valence-electron chi connectivity index (χ4n) is 3.77. The minimum absolute atomic E-state index is 0.0393. The van der Waals surface area contributed by atoms with Crippen LogP contribution < -0.4 is 11.1 Å². The second-order valence-corrected chi connectivity index (χ2v) is 8.42. The number of fused-ring (bicyclic) bond motifs is 2. The molecule has 3 N–H and O–H groups in total. The molecule has 0 fully saturated rings. The van der Waals surface area contributed by atoms with E-state index in [0.717, 1.165) is 26.7 Å². The number of anilines is 1. The van der Waals surface area contributed by atoms with Gasteiger partial charge in [0.25, 0.3) is 0 Å². The molecule has 2 heterocycles. The number of nitrogens with one attached hydrogen (secondary N) is 1. The molecule has 30 heavy (non-hydrogen) atoms. The molecule has 158 valence electrons. The fourth-order valence-corrected chi connectivity index (χ4v) is 4.49. The van der Waals surface area contributed by atoms with E-state index in [-0.39, 0.29) is 17.4 Å². The number of nitrogens with two attached hydrogens (primary N) is 1. The van der Waals surface area contributed by atoms with E-state index in [9.17, 15) is 13.6 Å². The Hall–Kier alpha value is -2.37. The molecule has 7 nitrogen and oxygen atoms in total. The maximum atomic E-state index is 14.2. The van der Waals surface area contributed by atoms with Gasteiger partial charge in [-0.1, -0.05) is 13.0 Å². The average molecular weight is 526 g/mol. The Morgan fingerprint density at radius 3 is 2.93 bits per heavy atom. The van der Waals surface area contributed by atoms with Crippen molar-refractivity contribution in [3.05, 3.63) is 44.3 Å². The lowest BCUT2D eigenvalue weighted by Crippen LogP contribution is -2.27. The number of hydrogen-bond donors (Lipinski definition) is 2. The van der Waals surface area contributed by atoms with Crippen LogP contribution in [0.1, 0.15) is 48.5 Å². The third-order valence-electron chi connectivity index (χ3n) is 5.31. The van der Waals surface area contributed by atoms with Crippen LogP contribution in [0.3, 0.4) is 0 Å². The number of imidazole rings is 1. The summed E-state index contributed by atoms with van der Waals surface area (Å²) in [5, 5.41) is 2.80. The lowest BCUT2D eigenvalue weighted by Gasteiger charge is -2.12. The van der Waals surface area contributed by atoms with Crippen molar-refractivity contribution in [1.29, 1.82) is 0 Å². The number of nitrogens with zero attached hydrogens (tertiary/aromatic N) is 4. The smallest absolute Gasteiger partial charge is 0.312 e. The molecule has 1 aromatic carbocycles. The van der Waals surface area contributed by atoms with Gasteiger partial charge in [0.15, 0.2) is 17.0 Å². The number of alkyl halides is 1. The Balaban J connectivity index is 1.73. The van der Waals surface area contributed by atoms with Crippen LogP contribution in [-0.4, -0.2) is 32.0 Å². The highest BCUT2D eigenvalue weighted by Gasteiger charge is 2.24. The van der Waals surface area contributed by atoms with Crippen molar-refractivity contribution in [2.45, 2.75) is 45.3 Å². The van der Waals surface area contributed by atoms with Crippen molar-refractivity contribution >= 4 is 45.5 Å². The highest BCUT2D eigenvalue weighted by atomic mass is 127. The van der Waals surface area contributed by atoms with Gasteiger partial charge in [-0.25, -0.2) is 9.37 Å². The summed E-state index contributed by atoms with van der Waals surface area (Å²) in [6.07, 6.45) is 0.146. The predicted molar refractivity (Wildman–Crippen MR) is 117 cm³/mol. The van der Waals surface area contributed by atoms with Crippen molar-refractivity contribution in [1.82, 2.24) is 24.8 Å². The molecule has 10 heteroatoms. The molecule has 1 aliphatic rings. The zero-order valence-corrected chi connectivity index (χ0v) is 18.5. The standard InChI is InChI=1S/C20H21F2IN6O/c1-2-16(30)25-5-6-29-15(26-17-18(24)27-20(22)28-19(17)29)9-11-7-12-10(8-14(11)23)3-4-13(12)21/h7-8,13H,2-6,9H2,1H3,(H,25,30)(H2,24,27,28). The van der Waals surface area contributed by atoms with E-state index in [1.807, 2.05) is 12.1 Å². The van der Waals surface area contributed by atoms with E-state index >= 15 is 0 Å². The minimum Gasteiger partial charge on any atom is -0.382 e. The number of amides is 1. The van der Waals surface area contributed by atoms with Crippen LogP contribution in [0.5, 0.6) is 0 Å². The van der Waals surface area contributed by atoms with Crippen molar-refractivity contribution in [2.24, 2.45) is 0 Å². The summed E-state index contributed by atoms with van der Waals surface area (Å²) in [6.45, 7) is 2.45. The molecule has 0 bridgehead atoms. The number of rotatable bonds is 6. The number of benzene rings is 1. The van der Waals surface area contributed by atoms with Crippen molar-refractivity contribution in [3.63, 3.8) is 0 Å². The van der Waals surface area contributed by atoms with Crippen LogP contribution in [0.25, 0.3) is 11.2 Å². The fraction of sp³-hybridized carbons (Fsp3) is 0.400. The topological polar surface area (TPSA) is 98.7 Å². The molecule has 0 aliphatic heterocycles. The number of nitrogen functional groups attached to an aromatic ring is 1. The average Bonchev–Trinajstić information content (AvgIpc) is 3.23. The van der Waals surface area contributed by atoms with Gasteiger partial charge in [-0.05, 0) is 58.2 Å². The van der Waals surface area contributed by atoms with E-state index in [4.69, 9.17) is 5.73 Å². The number of aryl methyl sites for hydroxylation is 1. The normalized spacial score (nSPS) is 15.5. The molecule has 1 unspecified atom stereocenters. The van der Waals surface area contributed by atoms with E-state index in [1.165, 1.54) is 0 Å². The quantitative estimate of drug-likeness (QED) is 0.380. The number of carbonyl (C=O) groups is 1. The van der Waals surface area contributed by atoms with Gasteiger partial charge in [0.1, 0.15) is 12.0 Å². The maximum absolute atomic E-state index is 14.2. The zero-order chi connectivity index (χ0) is 21.4. The number of aromatic nitrogens is 4. The molecule has 1 aliphatic carbocycles. The number of carbonyl (C=O) groups excluding carboxylic acids is 1. The number of halogens is 3. The minimum atomic E-state index is -0.950. The van der Waals surface area contributed by atoms with Crippen molar-refractivity contribution < 1.29 is 13.6 Å². The van der Waals surface area contributed by atoms with Gasteiger partial charge >= 0.3 is 6.08 Å². The van der Waals surface area contributed by atoms with Gasteiger partial charge in [-0.15, -0.1) is 0 Å². The summed E-state index contributed by atoms with van der Waals surface area (Å²) in [4.78, 5) is 23.6. The summed E-state index contributed by atoms with van der Waals surface area (Å²) in [5.74, 6) is 0.486. The second-order valence-electron chi connectivity index (χ2n) is 7.26. The third-order valence-corrected chi connectivity index (χ3v) is 6.32. The molecule has 1 atom stereocenters. The van der Waals surface area contributed by atoms with Crippen LogP contribution in [0.2, 0.25) is 0 Å². The van der Waals surface area contributed by atoms with Gasteiger partial charge < -0.3 is 15.6 Å². The summed E-state index contributed by atoms with van der Waals surface area (Å²) >= 11 is 2.24. The molecule has 0 saturated carbocycles. The Morgan fingerprint density at radius 2 is 2.17 bits per heavy atom. The van der Waals surface area contributed by atoms with Crippen LogP contribution in [0, 0.1) is 9.65 Å². The van der Waals surface area contributed by atoms with Crippen LogP contribution in [0.15, 0.2) is 12.1 Å². The third kappa shape index (κ3) is 3.96. The van der Waals surface area contributed by atoms with Crippen LogP contribution >= 0.6 is 22.6 Å². The molecule has 2 aromatic heterocycles. The van der Waals surface area contributed by atoms with Gasteiger partial charge in [0, 0.05) is 29.5 Å². The highest BCUT2D eigenvalue weighted by molar-refractivity contribution is 14.1. The first-order valence-corrected chi connectivity index (χ1v) is 10.8. The van der Waals surface area contributed by atoms with Gasteiger partial charge in [0.2, 0.25) is 5.91 Å². The largest absolute Gasteiger partial charge is 0.382 e. The molecular weight excluding hydrogens is 505 g/mol. The lowest BCUT2D eigenvalue weighted by molar-refractivity contribution is -0.120. The van der Waals surface area contributed by atoms with Crippen LogP contribution in [-0.2, 0) is 24.2 Å². The first-order valence-electron chi connectivity index (χ1n) is 9.77. The first-order chi connectivity index (χ1) is 14.4. The maximum Gasteiger partial charge on any atom is 0.312 e. The predicted octanol–water partition coefficient (Wildman–Crippen LogP) is 3.23. The molecule has 3 aromatic rings. The summed E-state index contributed by atoms with van der Waals surface area (Å²) in [7, 11) is 0. The summed E-state index contributed by atoms with van der Waals surface area (Å²) < 4.78 is 30.8. The summed E-state index contributed by atoms with van der Waals surface area (Å²) in [5.41, 5.74) is 9.16. The molecule has 0 saturated heterocycles. The van der Waals surface area contributed by atoms with Crippen molar-refractivity contribution in [2.75, 3.05) is 12.3 Å². The SMILES string of the molecule is CCC(=O)NCCn1c(Cc2cc3c(cc2I)CCC3F)nc2c(N)nc(F)nc21. The van der Waals surface area contributed by atoms with E-state index in [0.29, 0.717) is 43.7 Å². The number of hydrogen-bond acceptors (Lipinski definition) is 5. The lowest BCUT2D eigenvalue weighted by atomic mass is 10.0. The Morgan fingerprint density at radius 1 is 1.37 bits per heavy atom. The van der Waals surface area contributed by atoms with Crippen molar-refractivity contribution in [3.8, 4) is 0 Å². The van der Waals surface area contributed by atoms with E-state index in [2.05, 4.69) is 42.9 Å². The Kier molecular flexibility index (Phi) is 5.85. The Labute approximate surface area is 185 Å². The summed E-state index contributed by atoms with van der Waals surface area (Å²) in [6, 6.07) is 3.92. The van der Waals surface area contributed by atoms with Gasteiger partial charge in [-0.2, -0.15) is 14.4 Å².